The predicted octanol–water partition coefficient (Wildman–Crippen LogP) is 2.78. The van der Waals surface area contributed by atoms with E-state index >= 15 is 0 Å². The summed E-state index contributed by atoms with van der Waals surface area (Å²) in [6.45, 7) is 5.28. The number of likely N-dealkylation sites (tertiary alicyclic amines) is 1. The van der Waals surface area contributed by atoms with Crippen LogP contribution in [-0.2, 0) is 17.9 Å². The highest BCUT2D eigenvalue weighted by Crippen LogP contribution is 2.16. The molecule has 2 rings (SSSR count). The monoisotopic (exact) mass is 307 g/mol. The summed E-state index contributed by atoms with van der Waals surface area (Å²) in [5.74, 6) is 1.40. The normalized spacial score (nSPS) is 19.4. The number of nitrogens with zero attached hydrogens (tertiary/aromatic N) is 2. The first kappa shape index (κ1) is 16.7. The van der Waals surface area contributed by atoms with E-state index in [1.807, 2.05) is 13.1 Å². The number of methoxy groups -OCH3 is 1. The maximum atomic E-state index is 13.6. The van der Waals surface area contributed by atoms with E-state index in [2.05, 4.69) is 22.1 Å². The molecule has 1 aromatic carbocycles. The molecule has 1 aliphatic heterocycles. The second-order valence-corrected chi connectivity index (χ2v) is 5.95. The number of hydrogen-bond acceptors (Lipinski definition) is 2. The molecule has 1 unspecified atom stereocenters. The van der Waals surface area contributed by atoms with Crippen LogP contribution in [0.3, 0.4) is 0 Å². The average molecular weight is 307 g/mol. The van der Waals surface area contributed by atoms with Crippen LogP contribution in [-0.4, -0.2) is 38.1 Å². The highest BCUT2D eigenvalue weighted by Gasteiger charge is 2.19. The average Bonchev–Trinajstić information content (AvgIpc) is 2.51. The fourth-order valence-corrected chi connectivity index (χ4v) is 2.90. The van der Waals surface area contributed by atoms with Gasteiger partial charge in [-0.05, 0) is 36.5 Å². The fourth-order valence-electron chi connectivity index (χ4n) is 2.90. The van der Waals surface area contributed by atoms with Gasteiger partial charge in [-0.1, -0.05) is 13.0 Å². The molecule has 0 amide bonds. The summed E-state index contributed by atoms with van der Waals surface area (Å²) < 4.78 is 18.6. The minimum atomic E-state index is -0.222. The Labute approximate surface area is 132 Å². The van der Waals surface area contributed by atoms with Crippen molar-refractivity contribution in [3.05, 3.63) is 35.1 Å². The lowest BCUT2D eigenvalue weighted by molar-refractivity contribution is 0.181. The number of hydrogen-bond donors (Lipinski definition) is 1. The number of nitrogens with one attached hydrogen (secondary N) is 1. The van der Waals surface area contributed by atoms with Crippen LogP contribution in [0.4, 0.5) is 4.39 Å². The molecular weight excluding hydrogens is 281 g/mol. The number of ether oxygens (including phenoxy) is 1. The van der Waals surface area contributed by atoms with Gasteiger partial charge in [0.2, 0.25) is 0 Å². The first-order valence-electron chi connectivity index (χ1n) is 7.86. The van der Waals surface area contributed by atoms with Gasteiger partial charge in [-0.25, -0.2) is 4.39 Å². The molecule has 1 N–H and O–H groups in total. The Hall–Kier alpha value is -1.62. The summed E-state index contributed by atoms with van der Waals surface area (Å²) in [6.07, 6.45) is 2.49. The molecule has 1 aliphatic rings. The van der Waals surface area contributed by atoms with Crippen LogP contribution >= 0.6 is 0 Å². The van der Waals surface area contributed by atoms with Crippen LogP contribution in [0.5, 0.6) is 0 Å². The van der Waals surface area contributed by atoms with Gasteiger partial charge in [0.15, 0.2) is 5.96 Å². The van der Waals surface area contributed by atoms with Crippen molar-refractivity contribution < 1.29 is 9.13 Å². The zero-order valence-electron chi connectivity index (χ0n) is 13.7. The molecule has 1 saturated heterocycles. The van der Waals surface area contributed by atoms with Gasteiger partial charge in [0.25, 0.3) is 0 Å². The van der Waals surface area contributed by atoms with Gasteiger partial charge >= 0.3 is 0 Å². The third-order valence-electron chi connectivity index (χ3n) is 4.03. The van der Waals surface area contributed by atoms with Crippen molar-refractivity contribution in [2.75, 3.05) is 27.2 Å². The summed E-state index contributed by atoms with van der Waals surface area (Å²) >= 11 is 0. The van der Waals surface area contributed by atoms with Gasteiger partial charge in [-0.2, -0.15) is 0 Å². The Morgan fingerprint density at radius 1 is 1.50 bits per heavy atom. The van der Waals surface area contributed by atoms with E-state index in [4.69, 9.17) is 4.74 Å². The van der Waals surface area contributed by atoms with E-state index < -0.39 is 0 Å². The SMILES string of the molecule is CN=C(NCc1ccc(F)c(COC)c1)N1CCCC(C)C1. The second kappa shape index (κ2) is 8.13. The lowest BCUT2D eigenvalue weighted by Crippen LogP contribution is -2.45. The molecule has 1 atom stereocenters. The van der Waals surface area contributed by atoms with Crippen molar-refractivity contribution >= 4 is 5.96 Å². The topological polar surface area (TPSA) is 36.9 Å². The highest BCUT2D eigenvalue weighted by atomic mass is 19.1. The van der Waals surface area contributed by atoms with Crippen molar-refractivity contribution in [3.8, 4) is 0 Å². The highest BCUT2D eigenvalue weighted by molar-refractivity contribution is 5.80. The molecule has 22 heavy (non-hydrogen) atoms. The number of halogens is 1. The lowest BCUT2D eigenvalue weighted by Gasteiger charge is -2.33. The molecule has 1 aromatic rings. The molecule has 0 spiro atoms. The van der Waals surface area contributed by atoms with Gasteiger partial charge in [0.05, 0.1) is 6.61 Å². The van der Waals surface area contributed by atoms with Crippen LogP contribution in [0, 0.1) is 11.7 Å². The van der Waals surface area contributed by atoms with Gasteiger partial charge in [-0.15, -0.1) is 0 Å². The summed E-state index contributed by atoms with van der Waals surface area (Å²) in [5.41, 5.74) is 1.61. The van der Waals surface area contributed by atoms with Crippen LogP contribution in [0.25, 0.3) is 0 Å². The Morgan fingerprint density at radius 2 is 2.32 bits per heavy atom. The van der Waals surface area contributed by atoms with Gasteiger partial charge < -0.3 is 15.0 Å². The molecular formula is C17H26FN3O. The summed E-state index contributed by atoms with van der Waals surface area (Å²) in [4.78, 5) is 6.67. The summed E-state index contributed by atoms with van der Waals surface area (Å²) in [7, 11) is 3.38. The fraction of sp³-hybridized carbons (Fsp3) is 0.588. The van der Waals surface area contributed by atoms with Crippen molar-refractivity contribution in [2.24, 2.45) is 10.9 Å². The molecule has 0 aliphatic carbocycles. The van der Waals surface area contributed by atoms with Crippen molar-refractivity contribution in [2.45, 2.75) is 32.9 Å². The zero-order valence-corrected chi connectivity index (χ0v) is 13.7. The first-order chi connectivity index (χ1) is 10.6. The Kier molecular flexibility index (Phi) is 6.19. The lowest BCUT2D eigenvalue weighted by atomic mass is 10.0. The molecule has 0 radical (unpaired) electrons. The number of guanidine groups is 1. The largest absolute Gasteiger partial charge is 0.380 e. The summed E-state index contributed by atoms with van der Waals surface area (Å²) in [5, 5.41) is 3.38. The van der Waals surface area contributed by atoms with E-state index in [0.717, 1.165) is 24.6 Å². The van der Waals surface area contributed by atoms with E-state index in [9.17, 15) is 4.39 Å². The molecule has 1 fully saturated rings. The maximum absolute atomic E-state index is 13.6. The molecule has 0 saturated carbocycles. The third-order valence-corrected chi connectivity index (χ3v) is 4.03. The van der Waals surface area contributed by atoms with Crippen LogP contribution in [0.15, 0.2) is 23.2 Å². The smallest absolute Gasteiger partial charge is 0.193 e. The minimum Gasteiger partial charge on any atom is -0.380 e. The van der Waals surface area contributed by atoms with Crippen molar-refractivity contribution in [1.29, 1.82) is 0 Å². The first-order valence-corrected chi connectivity index (χ1v) is 7.86. The molecule has 4 nitrogen and oxygen atoms in total. The number of rotatable bonds is 4. The molecule has 0 aromatic heterocycles. The third kappa shape index (κ3) is 4.44. The van der Waals surface area contributed by atoms with Gasteiger partial charge in [0.1, 0.15) is 5.82 Å². The van der Waals surface area contributed by atoms with E-state index in [-0.39, 0.29) is 12.4 Å². The Balaban J connectivity index is 1.97. The number of piperidine rings is 1. The standard InChI is InChI=1S/C17H26FN3O/c1-13-5-4-8-21(11-13)17(19-2)20-10-14-6-7-16(18)15(9-14)12-22-3/h6-7,9,13H,4-5,8,10-12H2,1-3H3,(H,19,20). The van der Waals surface area contributed by atoms with Crippen molar-refractivity contribution in [3.63, 3.8) is 0 Å². The summed E-state index contributed by atoms with van der Waals surface area (Å²) in [6, 6.07) is 5.14. The van der Waals surface area contributed by atoms with Crippen molar-refractivity contribution in [1.82, 2.24) is 10.2 Å². The number of aliphatic imine (C=N–C) groups is 1. The molecule has 122 valence electrons. The minimum absolute atomic E-state index is 0.222. The van der Waals surface area contributed by atoms with E-state index in [0.29, 0.717) is 18.0 Å². The Bertz CT molecular complexity index is 519. The molecule has 0 bridgehead atoms. The van der Waals surface area contributed by atoms with Crippen LogP contribution in [0.1, 0.15) is 30.9 Å². The van der Waals surface area contributed by atoms with E-state index in [1.165, 1.54) is 18.9 Å². The zero-order chi connectivity index (χ0) is 15.9. The predicted molar refractivity (Wildman–Crippen MR) is 87.3 cm³/mol. The Morgan fingerprint density at radius 3 is 3.00 bits per heavy atom. The second-order valence-electron chi connectivity index (χ2n) is 5.95. The maximum Gasteiger partial charge on any atom is 0.193 e. The van der Waals surface area contributed by atoms with E-state index in [1.54, 1.807) is 13.2 Å². The van der Waals surface area contributed by atoms with Gasteiger partial charge in [0, 0.05) is 39.4 Å². The van der Waals surface area contributed by atoms with Crippen LogP contribution in [0.2, 0.25) is 0 Å². The van der Waals surface area contributed by atoms with Gasteiger partial charge in [-0.3, -0.25) is 4.99 Å². The number of benzene rings is 1. The van der Waals surface area contributed by atoms with Crippen LogP contribution < -0.4 is 5.32 Å². The molecule has 1 heterocycles. The quantitative estimate of drug-likeness (QED) is 0.686. The molecule has 5 heteroatoms.